The summed E-state index contributed by atoms with van der Waals surface area (Å²) < 4.78 is 6.21. The van der Waals surface area contributed by atoms with Gasteiger partial charge >= 0.3 is 0 Å². The van der Waals surface area contributed by atoms with E-state index in [1.54, 1.807) is 0 Å². The fourth-order valence-corrected chi connectivity index (χ4v) is 3.66. The summed E-state index contributed by atoms with van der Waals surface area (Å²) in [6.45, 7) is 6.75. The monoisotopic (exact) mass is 274 g/mol. The van der Waals surface area contributed by atoms with E-state index in [2.05, 4.69) is 51.1 Å². The van der Waals surface area contributed by atoms with Crippen LogP contribution >= 0.6 is 0 Å². The molecule has 112 valence electrons. The molecule has 4 atom stereocenters. The summed E-state index contributed by atoms with van der Waals surface area (Å²) in [4.78, 5) is 0. The van der Waals surface area contributed by atoms with Gasteiger partial charge in [0.2, 0.25) is 0 Å². The van der Waals surface area contributed by atoms with Crippen molar-refractivity contribution in [3.05, 3.63) is 35.9 Å². The Hall–Kier alpha value is -0.820. The normalized spacial score (nSPS) is 26.1. The average molecular weight is 274 g/mol. The van der Waals surface area contributed by atoms with Crippen molar-refractivity contribution in [3.63, 3.8) is 0 Å². The first-order valence-electron chi connectivity index (χ1n) is 8.39. The highest BCUT2D eigenvalue weighted by atomic mass is 16.5. The van der Waals surface area contributed by atoms with E-state index in [1.165, 1.54) is 44.1 Å². The van der Waals surface area contributed by atoms with Gasteiger partial charge in [0.25, 0.3) is 0 Å². The van der Waals surface area contributed by atoms with Crippen molar-refractivity contribution >= 4 is 0 Å². The van der Waals surface area contributed by atoms with Gasteiger partial charge in [0.05, 0.1) is 12.2 Å². The Labute approximate surface area is 124 Å². The predicted molar refractivity (Wildman–Crippen MR) is 85.8 cm³/mol. The van der Waals surface area contributed by atoms with E-state index in [-0.39, 0.29) is 6.10 Å². The Morgan fingerprint density at radius 1 is 1.10 bits per heavy atom. The van der Waals surface area contributed by atoms with Crippen LogP contribution in [0.15, 0.2) is 30.3 Å². The van der Waals surface area contributed by atoms with E-state index in [0.29, 0.717) is 6.10 Å². The van der Waals surface area contributed by atoms with Crippen LogP contribution in [0.25, 0.3) is 0 Å². The van der Waals surface area contributed by atoms with Crippen molar-refractivity contribution in [1.82, 2.24) is 0 Å². The molecule has 0 saturated heterocycles. The molecule has 20 heavy (non-hydrogen) atoms. The van der Waals surface area contributed by atoms with Crippen LogP contribution in [-0.2, 0) is 4.74 Å². The van der Waals surface area contributed by atoms with Crippen LogP contribution < -0.4 is 0 Å². The van der Waals surface area contributed by atoms with Crippen molar-refractivity contribution in [2.75, 3.05) is 0 Å². The maximum absolute atomic E-state index is 6.21. The van der Waals surface area contributed by atoms with Crippen molar-refractivity contribution in [3.8, 4) is 0 Å². The minimum absolute atomic E-state index is 0.205. The summed E-state index contributed by atoms with van der Waals surface area (Å²) in [5.74, 6) is 1.85. The Bertz CT molecular complexity index is 373. The zero-order valence-corrected chi connectivity index (χ0v) is 13.3. The number of hydrogen-bond acceptors (Lipinski definition) is 1. The number of rotatable bonds is 6. The lowest BCUT2D eigenvalue weighted by Gasteiger charge is -2.31. The van der Waals surface area contributed by atoms with Crippen molar-refractivity contribution in [2.45, 2.75) is 71.5 Å². The van der Waals surface area contributed by atoms with Crippen LogP contribution in [0.4, 0.5) is 0 Å². The van der Waals surface area contributed by atoms with Gasteiger partial charge in [-0.2, -0.15) is 0 Å². The van der Waals surface area contributed by atoms with Crippen molar-refractivity contribution < 1.29 is 4.74 Å². The first-order valence-corrected chi connectivity index (χ1v) is 8.39. The minimum Gasteiger partial charge on any atom is -0.371 e. The van der Waals surface area contributed by atoms with Crippen LogP contribution in [-0.4, -0.2) is 6.10 Å². The molecular formula is C19H30O. The molecule has 4 unspecified atom stereocenters. The van der Waals surface area contributed by atoms with Crippen LogP contribution in [0.5, 0.6) is 0 Å². The molecule has 0 spiro atoms. The summed E-state index contributed by atoms with van der Waals surface area (Å²) in [6.07, 6.45) is 8.85. The predicted octanol–water partition coefficient (Wildman–Crippen LogP) is 5.76. The maximum atomic E-state index is 6.21. The minimum atomic E-state index is 0.205. The Balaban J connectivity index is 1.78. The van der Waals surface area contributed by atoms with E-state index < -0.39 is 0 Å². The van der Waals surface area contributed by atoms with Gasteiger partial charge in [-0.05, 0) is 44.1 Å². The molecule has 1 fully saturated rings. The molecule has 2 rings (SSSR count). The Morgan fingerprint density at radius 2 is 1.80 bits per heavy atom. The quantitative estimate of drug-likeness (QED) is 0.641. The average Bonchev–Trinajstić information content (AvgIpc) is 2.48. The number of ether oxygens (including phenoxy) is 1. The van der Waals surface area contributed by atoms with Gasteiger partial charge < -0.3 is 4.74 Å². The molecule has 1 saturated carbocycles. The molecule has 0 aromatic heterocycles. The highest BCUT2D eigenvalue weighted by Gasteiger charge is 2.23. The second-order valence-corrected chi connectivity index (χ2v) is 6.54. The van der Waals surface area contributed by atoms with E-state index in [4.69, 9.17) is 4.74 Å². The fourth-order valence-electron chi connectivity index (χ4n) is 3.66. The summed E-state index contributed by atoms with van der Waals surface area (Å²) in [5, 5.41) is 0. The van der Waals surface area contributed by atoms with E-state index in [9.17, 15) is 0 Å². The molecule has 1 heteroatoms. The zero-order chi connectivity index (χ0) is 14.4. The molecule has 0 aliphatic heterocycles. The Morgan fingerprint density at radius 3 is 2.50 bits per heavy atom. The van der Waals surface area contributed by atoms with Crippen LogP contribution in [0, 0.1) is 11.8 Å². The van der Waals surface area contributed by atoms with E-state index in [1.807, 2.05) is 0 Å². The van der Waals surface area contributed by atoms with Gasteiger partial charge in [-0.3, -0.25) is 0 Å². The van der Waals surface area contributed by atoms with Crippen molar-refractivity contribution in [1.29, 1.82) is 0 Å². The van der Waals surface area contributed by atoms with Crippen LogP contribution in [0.3, 0.4) is 0 Å². The number of benzene rings is 1. The first-order chi connectivity index (χ1) is 9.69. The van der Waals surface area contributed by atoms with Gasteiger partial charge in [0.15, 0.2) is 0 Å². The molecule has 1 nitrogen and oxygen atoms in total. The lowest BCUT2D eigenvalue weighted by molar-refractivity contribution is -0.0103. The molecule has 0 N–H and O–H groups in total. The molecule has 0 bridgehead atoms. The molecule has 1 aromatic carbocycles. The SMILES string of the molecule is CCC1CCCC(CC(C)OC(C)c2ccccc2)C1. The standard InChI is InChI=1S/C19H30O/c1-4-17-9-8-10-18(14-17)13-15(2)20-16(3)19-11-6-5-7-12-19/h5-7,11-12,15-18H,4,8-10,13-14H2,1-3H3. The van der Waals surface area contributed by atoms with E-state index in [0.717, 1.165) is 11.8 Å². The van der Waals surface area contributed by atoms with Gasteiger partial charge in [-0.25, -0.2) is 0 Å². The largest absolute Gasteiger partial charge is 0.371 e. The third-order valence-electron chi connectivity index (χ3n) is 4.84. The third kappa shape index (κ3) is 4.63. The molecular weight excluding hydrogens is 244 g/mol. The second-order valence-electron chi connectivity index (χ2n) is 6.54. The second kappa shape index (κ2) is 7.83. The third-order valence-corrected chi connectivity index (χ3v) is 4.84. The van der Waals surface area contributed by atoms with Gasteiger partial charge in [-0.15, -0.1) is 0 Å². The maximum Gasteiger partial charge on any atom is 0.0800 e. The first kappa shape index (κ1) is 15.6. The van der Waals surface area contributed by atoms with Crippen molar-refractivity contribution in [2.24, 2.45) is 11.8 Å². The molecule has 0 amide bonds. The highest BCUT2D eigenvalue weighted by Crippen LogP contribution is 2.34. The van der Waals surface area contributed by atoms with E-state index >= 15 is 0 Å². The number of hydrogen-bond donors (Lipinski definition) is 0. The molecule has 1 aliphatic rings. The molecule has 1 aliphatic carbocycles. The fraction of sp³-hybridized carbons (Fsp3) is 0.684. The summed E-state index contributed by atoms with van der Waals surface area (Å²) in [6, 6.07) is 10.6. The molecule has 1 aromatic rings. The zero-order valence-electron chi connectivity index (χ0n) is 13.3. The van der Waals surface area contributed by atoms with Gasteiger partial charge in [-0.1, -0.05) is 62.9 Å². The van der Waals surface area contributed by atoms with Crippen LogP contribution in [0.2, 0.25) is 0 Å². The summed E-state index contributed by atoms with van der Waals surface area (Å²) in [5.41, 5.74) is 1.29. The topological polar surface area (TPSA) is 9.23 Å². The van der Waals surface area contributed by atoms with Gasteiger partial charge in [0, 0.05) is 0 Å². The lowest BCUT2D eigenvalue weighted by atomic mass is 9.78. The van der Waals surface area contributed by atoms with Crippen LogP contribution in [0.1, 0.15) is 71.0 Å². The highest BCUT2D eigenvalue weighted by molar-refractivity contribution is 5.16. The smallest absolute Gasteiger partial charge is 0.0800 e. The summed E-state index contributed by atoms with van der Waals surface area (Å²) >= 11 is 0. The molecule has 0 radical (unpaired) electrons. The lowest BCUT2D eigenvalue weighted by Crippen LogP contribution is -2.21. The molecule has 0 heterocycles. The summed E-state index contributed by atoms with van der Waals surface area (Å²) in [7, 11) is 0. The van der Waals surface area contributed by atoms with Gasteiger partial charge in [0.1, 0.15) is 0 Å². The Kier molecular flexibility index (Phi) is 6.09.